The molecule has 28 heavy (non-hydrogen) atoms. The Labute approximate surface area is 188 Å². The molecule has 0 saturated heterocycles. The molecule has 1 atom stereocenters. The molecule has 3 rings (SSSR count). The summed E-state index contributed by atoms with van der Waals surface area (Å²) < 4.78 is 7.97. The maximum atomic E-state index is 6.01. The van der Waals surface area contributed by atoms with Gasteiger partial charge in [0.2, 0.25) is 0 Å². The summed E-state index contributed by atoms with van der Waals surface area (Å²) in [5.41, 5.74) is 1.27. The minimum absolute atomic E-state index is 0. The minimum atomic E-state index is 0. The van der Waals surface area contributed by atoms with Crippen molar-refractivity contribution in [2.24, 2.45) is 12.0 Å². The lowest BCUT2D eigenvalue weighted by molar-refractivity contribution is 0.235. The lowest BCUT2D eigenvalue weighted by Crippen LogP contribution is -2.42. The van der Waals surface area contributed by atoms with Crippen molar-refractivity contribution in [3.05, 3.63) is 41.5 Å². The molecule has 0 aliphatic carbocycles. The summed E-state index contributed by atoms with van der Waals surface area (Å²) >= 11 is 1.85. The smallest absolute Gasteiger partial charge is 0.191 e. The van der Waals surface area contributed by atoms with Gasteiger partial charge in [-0.3, -0.25) is 0 Å². The van der Waals surface area contributed by atoms with Crippen molar-refractivity contribution in [1.82, 2.24) is 25.4 Å². The second-order valence-corrected chi connectivity index (χ2v) is 7.58. The molecule has 154 valence electrons. The van der Waals surface area contributed by atoms with Gasteiger partial charge >= 0.3 is 0 Å². The molecule has 9 heteroatoms. The summed E-state index contributed by atoms with van der Waals surface area (Å²) in [5.74, 6) is 4.65. The summed E-state index contributed by atoms with van der Waals surface area (Å²) in [6.45, 7) is 4.02. The van der Waals surface area contributed by atoms with Crippen LogP contribution >= 0.6 is 35.7 Å². The molecule has 1 aromatic heterocycles. The van der Waals surface area contributed by atoms with Crippen LogP contribution in [0.1, 0.15) is 23.6 Å². The zero-order valence-corrected chi connectivity index (χ0v) is 19.8. The highest BCUT2D eigenvalue weighted by Crippen LogP contribution is 2.27. The highest BCUT2D eigenvalue weighted by Gasteiger charge is 2.22. The molecule has 7 nitrogen and oxygen atoms in total. The molecule has 2 N–H and O–H groups in total. The van der Waals surface area contributed by atoms with Crippen molar-refractivity contribution in [3.8, 4) is 5.75 Å². The molecule has 0 radical (unpaired) electrons. The number of aromatic nitrogens is 3. The van der Waals surface area contributed by atoms with Crippen LogP contribution in [0.25, 0.3) is 0 Å². The van der Waals surface area contributed by atoms with Crippen LogP contribution in [0.4, 0.5) is 0 Å². The van der Waals surface area contributed by atoms with Crippen LogP contribution in [0.3, 0.4) is 0 Å². The molecule has 1 aromatic carbocycles. The summed E-state index contributed by atoms with van der Waals surface area (Å²) in [7, 11) is 1.96. The van der Waals surface area contributed by atoms with Crippen LogP contribution < -0.4 is 15.4 Å². The monoisotopic (exact) mass is 516 g/mol. The van der Waals surface area contributed by atoms with Crippen molar-refractivity contribution in [2.45, 2.75) is 32.4 Å². The number of hydrogen-bond acceptors (Lipinski definition) is 5. The first-order chi connectivity index (χ1) is 13.2. The van der Waals surface area contributed by atoms with E-state index in [0.717, 1.165) is 48.5 Å². The van der Waals surface area contributed by atoms with Gasteiger partial charge in [-0.2, -0.15) is 11.8 Å². The van der Waals surface area contributed by atoms with E-state index in [-0.39, 0.29) is 30.1 Å². The summed E-state index contributed by atoms with van der Waals surface area (Å²) in [6, 6.07) is 8.22. The van der Waals surface area contributed by atoms with Crippen molar-refractivity contribution < 1.29 is 4.74 Å². The van der Waals surface area contributed by atoms with Gasteiger partial charge in [-0.15, -0.1) is 34.2 Å². The Hall–Kier alpha value is -1.49. The van der Waals surface area contributed by atoms with Crippen LogP contribution in [0, 0.1) is 6.92 Å². The molecule has 0 spiro atoms. The molecule has 0 amide bonds. The maximum Gasteiger partial charge on any atom is 0.191 e. The Morgan fingerprint density at radius 3 is 2.86 bits per heavy atom. The molecule has 0 saturated carbocycles. The van der Waals surface area contributed by atoms with Gasteiger partial charge in [0.05, 0.1) is 6.54 Å². The zero-order chi connectivity index (χ0) is 19.1. The Morgan fingerprint density at radius 2 is 2.14 bits per heavy atom. The van der Waals surface area contributed by atoms with E-state index < -0.39 is 0 Å². The maximum absolute atomic E-state index is 6.01. The number of rotatable bonds is 8. The van der Waals surface area contributed by atoms with Gasteiger partial charge in [0, 0.05) is 20.0 Å². The summed E-state index contributed by atoms with van der Waals surface area (Å²) in [5, 5.41) is 15.1. The van der Waals surface area contributed by atoms with E-state index in [4.69, 9.17) is 4.74 Å². The number of hydrogen-bond donors (Lipinski definition) is 2. The van der Waals surface area contributed by atoms with Crippen molar-refractivity contribution >= 4 is 41.7 Å². The Morgan fingerprint density at radius 1 is 1.32 bits per heavy atom. The molecule has 2 aromatic rings. The number of guanidine groups is 1. The van der Waals surface area contributed by atoms with E-state index in [2.05, 4.69) is 44.2 Å². The number of benzene rings is 1. The fraction of sp³-hybridized carbons (Fsp3) is 0.526. The fourth-order valence-electron chi connectivity index (χ4n) is 2.91. The van der Waals surface area contributed by atoms with Gasteiger partial charge in [0.15, 0.2) is 11.8 Å². The average Bonchev–Trinajstić information content (AvgIpc) is 3.24. The van der Waals surface area contributed by atoms with Crippen LogP contribution in [0.2, 0.25) is 0 Å². The van der Waals surface area contributed by atoms with Gasteiger partial charge in [-0.1, -0.05) is 18.2 Å². The first kappa shape index (κ1) is 22.8. The number of halogens is 1. The number of nitrogens with one attached hydrogen (secondary N) is 2. The van der Waals surface area contributed by atoms with E-state index >= 15 is 0 Å². The van der Waals surface area contributed by atoms with Crippen LogP contribution in [0.15, 0.2) is 29.3 Å². The third-order valence-corrected chi connectivity index (χ3v) is 5.29. The highest BCUT2D eigenvalue weighted by atomic mass is 127. The molecule has 2 heterocycles. The zero-order valence-electron chi connectivity index (χ0n) is 16.6. The van der Waals surface area contributed by atoms with E-state index in [1.807, 2.05) is 42.4 Å². The van der Waals surface area contributed by atoms with Gasteiger partial charge < -0.3 is 19.9 Å². The average molecular weight is 516 g/mol. The summed E-state index contributed by atoms with van der Waals surface area (Å²) in [4.78, 5) is 4.68. The quantitative estimate of drug-likeness (QED) is 0.243. The van der Waals surface area contributed by atoms with Crippen molar-refractivity contribution in [2.75, 3.05) is 25.1 Å². The second-order valence-electron chi connectivity index (χ2n) is 6.59. The van der Waals surface area contributed by atoms with E-state index in [0.29, 0.717) is 13.1 Å². The number of para-hydroxylation sites is 1. The lowest BCUT2D eigenvalue weighted by atomic mass is 10.1. The number of thioether (sulfide) groups is 1. The second kappa shape index (κ2) is 11.5. The minimum Gasteiger partial charge on any atom is -0.488 e. The van der Waals surface area contributed by atoms with Gasteiger partial charge in [-0.05, 0) is 37.0 Å². The molecular formula is C19H29IN6OS. The third-order valence-electron chi connectivity index (χ3n) is 4.59. The molecular weight excluding hydrogens is 487 g/mol. The largest absolute Gasteiger partial charge is 0.488 e. The SMILES string of the molecule is CSCCCNC(=NCc1nnc(C)n1C)NCC1Cc2ccccc2O1.I. The first-order valence-electron chi connectivity index (χ1n) is 9.28. The highest BCUT2D eigenvalue weighted by molar-refractivity contribution is 14.0. The fourth-order valence-corrected chi connectivity index (χ4v) is 3.35. The van der Waals surface area contributed by atoms with Crippen molar-refractivity contribution in [1.29, 1.82) is 0 Å². The Balaban J connectivity index is 0.00000280. The standard InChI is InChI=1S/C19H28N6OS.HI/c1-14-23-24-18(25(14)2)13-22-19(20-9-6-10-27-3)21-12-16-11-15-7-4-5-8-17(15)26-16;/h4-5,7-8,16H,6,9-13H2,1-3H3,(H2,20,21,22);1H. The molecule has 1 aliphatic heterocycles. The predicted octanol–water partition coefficient (Wildman–Crippen LogP) is 2.53. The van der Waals surface area contributed by atoms with Crippen LogP contribution in [-0.4, -0.2) is 51.9 Å². The number of aryl methyl sites for hydroxylation is 1. The molecule has 0 bridgehead atoms. The molecule has 1 aliphatic rings. The predicted molar refractivity (Wildman–Crippen MR) is 126 cm³/mol. The van der Waals surface area contributed by atoms with E-state index in [1.165, 1.54) is 5.56 Å². The lowest BCUT2D eigenvalue weighted by Gasteiger charge is -2.16. The first-order valence-corrected chi connectivity index (χ1v) is 10.7. The number of nitrogens with zero attached hydrogens (tertiary/aromatic N) is 4. The molecule has 1 unspecified atom stereocenters. The normalized spacial score (nSPS) is 15.5. The summed E-state index contributed by atoms with van der Waals surface area (Å²) in [6.07, 6.45) is 4.26. The van der Waals surface area contributed by atoms with Crippen molar-refractivity contribution in [3.63, 3.8) is 0 Å². The Kier molecular flexibility index (Phi) is 9.36. The number of fused-ring (bicyclic) bond motifs is 1. The Bertz CT molecular complexity index is 757. The van der Waals surface area contributed by atoms with Crippen LogP contribution in [-0.2, 0) is 20.0 Å². The topological polar surface area (TPSA) is 76.4 Å². The van der Waals surface area contributed by atoms with Crippen LogP contribution in [0.5, 0.6) is 5.75 Å². The number of ether oxygens (including phenoxy) is 1. The molecule has 0 fully saturated rings. The van der Waals surface area contributed by atoms with E-state index in [9.17, 15) is 0 Å². The third kappa shape index (κ3) is 6.26. The van der Waals surface area contributed by atoms with Gasteiger partial charge in [0.1, 0.15) is 24.2 Å². The van der Waals surface area contributed by atoms with E-state index in [1.54, 1.807) is 0 Å². The van der Waals surface area contributed by atoms with Gasteiger partial charge in [0.25, 0.3) is 0 Å². The number of aliphatic imine (C=N–C) groups is 1. The van der Waals surface area contributed by atoms with Gasteiger partial charge in [-0.25, -0.2) is 4.99 Å².